The van der Waals surface area contributed by atoms with Crippen molar-refractivity contribution in [3.05, 3.63) is 46.6 Å². The zero-order valence-electron chi connectivity index (χ0n) is 9.59. The molecule has 7 heteroatoms. The zero-order chi connectivity index (χ0) is 14.2. The number of nitrogens with zero attached hydrogens (tertiary/aromatic N) is 2. The third-order valence-corrected chi connectivity index (χ3v) is 2.95. The van der Waals surface area contributed by atoms with Crippen LogP contribution in [0.5, 0.6) is 0 Å². The highest BCUT2D eigenvalue weighted by atomic mass is 35.5. The summed E-state index contributed by atoms with van der Waals surface area (Å²) in [6.45, 7) is 1.58. The topological polar surface area (TPSA) is 25.8 Å². The SMILES string of the molecule is Cc1c(Cl)ncnc1-c1ccc(F)c(C(F)(F)F)c1. The second kappa shape index (κ2) is 4.77. The van der Waals surface area contributed by atoms with E-state index in [-0.39, 0.29) is 16.4 Å². The minimum absolute atomic E-state index is 0.135. The van der Waals surface area contributed by atoms with Gasteiger partial charge in [0.05, 0.1) is 11.3 Å². The molecule has 0 unspecified atom stereocenters. The summed E-state index contributed by atoms with van der Waals surface area (Å²) in [6, 6.07) is 2.69. The second-order valence-corrected chi connectivity index (χ2v) is 4.19. The lowest BCUT2D eigenvalue weighted by Gasteiger charge is -2.11. The average molecular weight is 291 g/mol. The lowest BCUT2D eigenvalue weighted by Crippen LogP contribution is -2.08. The van der Waals surface area contributed by atoms with Crippen LogP contribution in [0.25, 0.3) is 11.3 Å². The van der Waals surface area contributed by atoms with Gasteiger partial charge in [-0.05, 0) is 25.1 Å². The Balaban J connectivity index is 2.62. The molecule has 0 aliphatic rings. The third-order valence-electron chi connectivity index (χ3n) is 2.57. The number of rotatable bonds is 1. The normalized spacial score (nSPS) is 11.7. The summed E-state index contributed by atoms with van der Waals surface area (Å²) in [7, 11) is 0. The molecule has 0 saturated carbocycles. The van der Waals surface area contributed by atoms with Crippen LogP contribution in [0.3, 0.4) is 0 Å². The predicted octanol–water partition coefficient (Wildman–Crippen LogP) is 4.26. The minimum atomic E-state index is -4.76. The molecule has 0 atom stereocenters. The largest absolute Gasteiger partial charge is 0.419 e. The van der Waals surface area contributed by atoms with Crippen molar-refractivity contribution in [1.29, 1.82) is 0 Å². The van der Waals surface area contributed by atoms with Crippen LogP contribution in [0.1, 0.15) is 11.1 Å². The molecule has 0 aliphatic heterocycles. The van der Waals surface area contributed by atoms with Crippen molar-refractivity contribution in [2.75, 3.05) is 0 Å². The molecule has 1 aromatic carbocycles. The maximum atomic E-state index is 13.2. The summed E-state index contributed by atoms with van der Waals surface area (Å²) in [4.78, 5) is 7.59. The molecule has 1 aromatic heterocycles. The minimum Gasteiger partial charge on any atom is -0.236 e. The Bertz CT molecular complexity index is 626. The highest BCUT2D eigenvalue weighted by Crippen LogP contribution is 2.34. The Morgan fingerprint density at radius 2 is 1.84 bits per heavy atom. The van der Waals surface area contributed by atoms with E-state index in [1.165, 1.54) is 6.07 Å². The van der Waals surface area contributed by atoms with Gasteiger partial charge in [0, 0.05) is 11.1 Å². The fraction of sp³-hybridized carbons (Fsp3) is 0.167. The van der Waals surface area contributed by atoms with E-state index in [0.29, 0.717) is 11.6 Å². The van der Waals surface area contributed by atoms with Crippen molar-refractivity contribution < 1.29 is 17.6 Å². The van der Waals surface area contributed by atoms with Gasteiger partial charge in [-0.1, -0.05) is 11.6 Å². The molecule has 0 aliphatic carbocycles. The molecule has 0 radical (unpaired) electrons. The van der Waals surface area contributed by atoms with Crippen LogP contribution in [0.15, 0.2) is 24.5 Å². The van der Waals surface area contributed by atoms with Gasteiger partial charge in [-0.2, -0.15) is 13.2 Å². The monoisotopic (exact) mass is 290 g/mol. The van der Waals surface area contributed by atoms with E-state index in [4.69, 9.17) is 11.6 Å². The molecule has 0 amide bonds. The summed E-state index contributed by atoms with van der Waals surface area (Å²) in [5.41, 5.74) is -0.524. The fourth-order valence-corrected chi connectivity index (χ4v) is 1.74. The molecule has 2 rings (SSSR count). The lowest BCUT2D eigenvalue weighted by atomic mass is 10.0. The highest BCUT2D eigenvalue weighted by Gasteiger charge is 2.34. The van der Waals surface area contributed by atoms with Gasteiger partial charge in [-0.15, -0.1) is 0 Å². The van der Waals surface area contributed by atoms with E-state index >= 15 is 0 Å². The van der Waals surface area contributed by atoms with Crippen molar-refractivity contribution in [2.24, 2.45) is 0 Å². The van der Waals surface area contributed by atoms with Crippen LogP contribution in [0.2, 0.25) is 5.15 Å². The van der Waals surface area contributed by atoms with Gasteiger partial charge in [-0.25, -0.2) is 14.4 Å². The van der Waals surface area contributed by atoms with E-state index in [1.807, 2.05) is 0 Å². The molecule has 2 aromatic rings. The Labute approximate surface area is 111 Å². The Morgan fingerprint density at radius 1 is 1.16 bits per heavy atom. The van der Waals surface area contributed by atoms with Crippen LogP contribution in [0.4, 0.5) is 17.6 Å². The maximum Gasteiger partial charge on any atom is 0.419 e. The molecule has 0 saturated heterocycles. The molecule has 0 spiro atoms. The van der Waals surface area contributed by atoms with Crippen molar-refractivity contribution >= 4 is 11.6 Å². The summed E-state index contributed by atoms with van der Waals surface area (Å²) in [5.74, 6) is -1.32. The van der Waals surface area contributed by atoms with Gasteiger partial charge in [0.25, 0.3) is 0 Å². The van der Waals surface area contributed by atoms with Gasteiger partial charge in [0.15, 0.2) is 0 Å². The number of aromatic nitrogens is 2. The van der Waals surface area contributed by atoms with E-state index in [0.717, 1.165) is 12.4 Å². The Hall–Kier alpha value is -1.69. The maximum absolute atomic E-state index is 13.2. The number of halogens is 5. The van der Waals surface area contributed by atoms with Gasteiger partial charge in [-0.3, -0.25) is 0 Å². The summed E-state index contributed by atoms with van der Waals surface area (Å²) < 4.78 is 51.1. The first-order valence-corrected chi connectivity index (χ1v) is 5.52. The van der Waals surface area contributed by atoms with Crippen LogP contribution in [-0.4, -0.2) is 9.97 Å². The zero-order valence-corrected chi connectivity index (χ0v) is 10.3. The van der Waals surface area contributed by atoms with Crippen LogP contribution >= 0.6 is 11.6 Å². The van der Waals surface area contributed by atoms with Gasteiger partial charge in [0.2, 0.25) is 0 Å². The van der Waals surface area contributed by atoms with E-state index in [9.17, 15) is 17.6 Å². The second-order valence-electron chi connectivity index (χ2n) is 3.83. The first-order valence-electron chi connectivity index (χ1n) is 5.15. The van der Waals surface area contributed by atoms with E-state index in [2.05, 4.69) is 9.97 Å². The molecule has 1 heterocycles. The lowest BCUT2D eigenvalue weighted by molar-refractivity contribution is -0.139. The number of hydrogen-bond acceptors (Lipinski definition) is 2. The highest BCUT2D eigenvalue weighted by molar-refractivity contribution is 6.30. The fourth-order valence-electron chi connectivity index (χ4n) is 1.61. The van der Waals surface area contributed by atoms with Crippen LogP contribution in [-0.2, 0) is 6.18 Å². The Morgan fingerprint density at radius 3 is 2.47 bits per heavy atom. The van der Waals surface area contributed by atoms with Crippen molar-refractivity contribution in [3.63, 3.8) is 0 Å². The number of benzene rings is 1. The van der Waals surface area contributed by atoms with Crippen molar-refractivity contribution in [3.8, 4) is 11.3 Å². The molecule has 100 valence electrons. The average Bonchev–Trinajstić information content (AvgIpc) is 2.32. The van der Waals surface area contributed by atoms with Crippen molar-refractivity contribution in [1.82, 2.24) is 9.97 Å². The van der Waals surface area contributed by atoms with Gasteiger partial charge >= 0.3 is 6.18 Å². The summed E-state index contributed by atoms with van der Waals surface area (Å²) in [6.07, 6.45) is -3.62. The Kier molecular flexibility index (Phi) is 3.45. The smallest absolute Gasteiger partial charge is 0.236 e. The van der Waals surface area contributed by atoms with Crippen LogP contribution in [0, 0.1) is 12.7 Å². The van der Waals surface area contributed by atoms with Crippen molar-refractivity contribution in [2.45, 2.75) is 13.1 Å². The quantitative estimate of drug-likeness (QED) is 0.579. The van der Waals surface area contributed by atoms with Gasteiger partial charge < -0.3 is 0 Å². The third kappa shape index (κ3) is 2.68. The summed E-state index contributed by atoms with van der Waals surface area (Å²) in [5, 5.41) is 0.142. The molecule has 0 N–H and O–H groups in total. The first kappa shape index (κ1) is 13.7. The van der Waals surface area contributed by atoms with E-state index in [1.54, 1.807) is 6.92 Å². The standard InChI is InChI=1S/C12H7ClF4N2/c1-6-10(18-5-19-11(6)13)7-2-3-9(14)8(4-7)12(15,16)17/h2-5H,1H3. The molecular formula is C12H7ClF4N2. The summed E-state index contributed by atoms with van der Waals surface area (Å²) >= 11 is 5.78. The number of hydrogen-bond donors (Lipinski definition) is 0. The van der Waals surface area contributed by atoms with E-state index < -0.39 is 17.6 Å². The van der Waals surface area contributed by atoms with Gasteiger partial charge in [0.1, 0.15) is 17.3 Å². The molecule has 2 nitrogen and oxygen atoms in total. The first-order chi connectivity index (χ1) is 8.80. The molecule has 19 heavy (non-hydrogen) atoms. The molecule has 0 fully saturated rings. The van der Waals surface area contributed by atoms with Crippen LogP contribution < -0.4 is 0 Å². The number of alkyl halides is 3. The molecule has 0 bridgehead atoms. The molecular weight excluding hydrogens is 284 g/mol. The predicted molar refractivity (Wildman–Crippen MR) is 62.2 cm³/mol.